The van der Waals surface area contributed by atoms with Crippen LogP contribution in [0.1, 0.15) is 31.9 Å². The van der Waals surface area contributed by atoms with Gasteiger partial charge < -0.3 is 14.2 Å². The monoisotopic (exact) mass is 377 g/mol. The molecule has 1 heterocycles. The quantitative estimate of drug-likeness (QED) is 0.866. The molecule has 1 atom stereocenters. The minimum absolute atomic E-state index is 0.122. The van der Waals surface area contributed by atoms with Crippen LogP contribution in [0.5, 0.6) is 17.2 Å². The van der Waals surface area contributed by atoms with Crippen molar-refractivity contribution in [3.8, 4) is 17.2 Å². The lowest BCUT2D eigenvalue weighted by Crippen LogP contribution is -2.41. The number of ether oxygens (including phenoxy) is 3. The highest BCUT2D eigenvalue weighted by molar-refractivity contribution is 7.89. The number of rotatable bonds is 5. The first-order valence-corrected chi connectivity index (χ1v) is 9.76. The van der Waals surface area contributed by atoms with E-state index in [1.807, 2.05) is 38.1 Å². The lowest BCUT2D eigenvalue weighted by molar-refractivity contribution is 0.0702. The second-order valence-electron chi connectivity index (χ2n) is 6.79. The van der Waals surface area contributed by atoms with E-state index in [0.717, 1.165) is 5.56 Å². The summed E-state index contributed by atoms with van der Waals surface area (Å²) in [5.74, 6) is 1.54. The highest BCUT2D eigenvalue weighted by Gasteiger charge is 2.36. The van der Waals surface area contributed by atoms with Gasteiger partial charge in [0.2, 0.25) is 10.0 Å². The topological polar surface area (TPSA) is 73.9 Å². The van der Waals surface area contributed by atoms with Crippen molar-refractivity contribution in [3.63, 3.8) is 0 Å². The Morgan fingerprint density at radius 2 is 1.77 bits per heavy atom. The fraction of sp³-hybridized carbons (Fsp3) is 0.368. The van der Waals surface area contributed by atoms with E-state index in [9.17, 15) is 8.42 Å². The van der Waals surface area contributed by atoms with Crippen LogP contribution in [0.4, 0.5) is 0 Å². The SMILES string of the molecule is COc1ccc(S(=O)(=O)NC2CC(C)(C)Oc3ccccc32)cc1OC. The molecule has 1 aliphatic heterocycles. The van der Waals surface area contributed by atoms with Gasteiger partial charge in [0.1, 0.15) is 11.4 Å². The molecule has 0 saturated carbocycles. The van der Waals surface area contributed by atoms with Crippen molar-refractivity contribution in [1.82, 2.24) is 4.72 Å². The van der Waals surface area contributed by atoms with Crippen LogP contribution in [0.3, 0.4) is 0 Å². The predicted molar refractivity (Wildman–Crippen MR) is 98.4 cm³/mol. The van der Waals surface area contributed by atoms with Crippen molar-refractivity contribution in [2.45, 2.75) is 36.8 Å². The Labute approximate surface area is 154 Å². The van der Waals surface area contributed by atoms with Gasteiger partial charge in [0.05, 0.1) is 25.2 Å². The van der Waals surface area contributed by atoms with E-state index in [2.05, 4.69) is 4.72 Å². The Morgan fingerprint density at radius 3 is 2.46 bits per heavy atom. The molecule has 0 aliphatic carbocycles. The third-order valence-electron chi connectivity index (χ3n) is 4.34. The molecule has 140 valence electrons. The third-order valence-corrected chi connectivity index (χ3v) is 5.81. The molecule has 1 aliphatic rings. The van der Waals surface area contributed by atoms with Gasteiger partial charge in [-0.1, -0.05) is 18.2 Å². The van der Waals surface area contributed by atoms with E-state index >= 15 is 0 Å². The first-order valence-electron chi connectivity index (χ1n) is 8.28. The molecule has 1 unspecified atom stereocenters. The molecule has 0 radical (unpaired) electrons. The van der Waals surface area contributed by atoms with Crippen LogP contribution in [0, 0.1) is 0 Å². The van der Waals surface area contributed by atoms with E-state index in [0.29, 0.717) is 23.7 Å². The number of methoxy groups -OCH3 is 2. The number of hydrogen-bond donors (Lipinski definition) is 1. The maximum atomic E-state index is 12.9. The van der Waals surface area contributed by atoms with E-state index in [1.165, 1.54) is 26.4 Å². The Kier molecular flexibility index (Phi) is 4.86. The summed E-state index contributed by atoms with van der Waals surface area (Å²) < 4.78 is 45.0. The summed E-state index contributed by atoms with van der Waals surface area (Å²) in [6.07, 6.45) is 0.524. The number of sulfonamides is 1. The van der Waals surface area contributed by atoms with Crippen molar-refractivity contribution in [3.05, 3.63) is 48.0 Å². The molecule has 0 bridgehead atoms. The molecule has 0 spiro atoms. The summed E-state index contributed by atoms with van der Waals surface area (Å²) in [6, 6.07) is 11.6. The number of para-hydroxylation sites is 1. The number of fused-ring (bicyclic) bond motifs is 1. The summed E-state index contributed by atoms with van der Waals surface area (Å²) in [5, 5.41) is 0. The summed E-state index contributed by atoms with van der Waals surface area (Å²) in [7, 11) is -0.775. The molecule has 6 nitrogen and oxygen atoms in total. The maximum absolute atomic E-state index is 12.9. The molecule has 0 aromatic heterocycles. The molecule has 0 amide bonds. The largest absolute Gasteiger partial charge is 0.493 e. The zero-order chi connectivity index (χ0) is 18.9. The molecule has 0 saturated heterocycles. The smallest absolute Gasteiger partial charge is 0.241 e. The molecule has 7 heteroatoms. The van der Waals surface area contributed by atoms with E-state index in [1.54, 1.807) is 6.07 Å². The van der Waals surface area contributed by atoms with Gasteiger partial charge in [0.15, 0.2) is 11.5 Å². The lowest BCUT2D eigenvalue weighted by Gasteiger charge is -2.37. The predicted octanol–water partition coefficient (Wildman–Crippen LogP) is 3.28. The van der Waals surface area contributed by atoms with Crippen LogP contribution in [0.15, 0.2) is 47.4 Å². The maximum Gasteiger partial charge on any atom is 0.241 e. The minimum atomic E-state index is -3.75. The molecule has 2 aromatic rings. The third kappa shape index (κ3) is 3.64. The van der Waals surface area contributed by atoms with Crippen molar-refractivity contribution in [2.75, 3.05) is 14.2 Å². The van der Waals surface area contributed by atoms with Crippen molar-refractivity contribution in [2.24, 2.45) is 0 Å². The summed E-state index contributed by atoms with van der Waals surface area (Å²) in [6.45, 7) is 3.89. The molecule has 0 fully saturated rings. The lowest BCUT2D eigenvalue weighted by atomic mass is 9.90. The van der Waals surface area contributed by atoms with E-state index in [4.69, 9.17) is 14.2 Å². The first-order chi connectivity index (χ1) is 12.3. The van der Waals surface area contributed by atoms with E-state index < -0.39 is 15.6 Å². The molecule has 1 N–H and O–H groups in total. The zero-order valence-electron chi connectivity index (χ0n) is 15.3. The van der Waals surface area contributed by atoms with Gasteiger partial charge in [-0.05, 0) is 32.0 Å². The van der Waals surface area contributed by atoms with Crippen LogP contribution in [0.2, 0.25) is 0 Å². The second-order valence-corrected chi connectivity index (χ2v) is 8.51. The van der Waals surface area contributed by atoms with Crippen LogP contribution in [-0.4, -0.2) is 28.2 Å². The van der Waals surface area contributed by atoms with E-state index in [-0.39, 0.29) is 10.9 Å². The molecule has 3 rings (SSSR count). The van der Waals surface area contributed by atoms with Gasteiger partial charge >= 0.3 is 0 Å². The van der Waals surface area contributed by atoms with Gasteiger partial charge in [0.25, 0.3) is 0 Å². The van der Waals surface area contributed by atoms with Crippen molar-refractivity contribution in [1.29, 1.82) is 0 Å². The second kappa shape index (κ2) is 6.81. The number of benzene rings is 2. The van der Waals surface area contributed by atoms with Crippen molar-refractivity contribution >= 4 is 10.0 Å². The fourth-order valence-electron chi connectivity index (χ4n) is 3.15. The minimum Gasteiger partial charge on any atom is -0.493 e. The first kappa shape index (κ1) is 18.5. The number of hydrogen-bond acceptors (Lipinski definition) is 5. The van der Waals surface area contributed by atoms with Crippen LogP contribution in [0.25, 0.3) is 0 Å². The van der Waals surface area contributed by atoms with Gasteiger partial charge in [-0.15, -0.1) is 0 Å². The molecular weight excluding hydrogens is 354 g/mol. The molecule has 2 aromatic carbocycles. The summed E-state index contributed by atoms with van der Waals surface area (Å²) in [5.41, 5.74) is 0.356. The Morgan fingerprint density at radius 1 is 1.08 bits per heavy atom. The van der Waals surface area contributed by atoms with Crippen LogP contribution >= 0.6 is 0 Å². The molecular formula is C19H23NO5S. The molecule has 26 heavy (non-hydrogen) atoms. The summed E-state index contributed by atoms with van der Waals surface area (Å²) >= 11 is 0. The van der Waals surface area contributed by atoms with Crippen LogP contribution < -0.4 is 18.9 Å². The Balaban J connectivity index is 1.95. The van der Waals surface area contributed by atoms with Crippen LogP contribution in [-0.2, 0) is 10.0 Å². The van der Waals surface area contributed by atoms with Gasteiger partial charge in [0, 0.05) is 18.1 Å². The highest BCUT2D eigenvalue weighted by Crippen LogP contribution is 2.40. The normalized spacial score (nSPS) is 18.5. The standard InChI is InChI=1S/C19H23NO5S/c1-19(2)12-15(14-7-5-6-8-16(14)25-19)20-26(21,22)13-9-10-17(23-3)18(11-13)24-4/h5-11,15,20H,12H2,1-4H3. The van der Waals surface area contributed by atoms with Gasteiger partial charge in [-0.25, -0.2) is 13.1 Å². The van der Waals surface area contributed by atoms with Crippen molar-refractivity contribution < 1.29 is 22.6 Å². The number of nitrogens with one attached hydrogen (secondary N) is 1. The van der Waals surface area contributed by atoms with Gasteiger partial charge in [-0.2, -0.15) is 0 Å². The Hall–Kier alpha value is -2.25. The highest BCUT2D eigenvalue weighted by atomic mass is 32.2. The summed E-state index contributed by atoms with van der Waals surface area (Å²) in [4.78, 5) is 0.122. The zero-order valence-corrected chi connectivity index (χ0v) is 16.1. The average molecular weight is 377 g/mol. The average Bonchev–Trinajstić information content (AvgIpc) is 2.59. The Bertz CT molecular complexity index is 908. The fourth-order valence-corrected chi connectivity index (χ4v) is 4.38. The van der Waals surface area contributed by atoms with Gasteiger partial charge in [-0.3, -0.25) is 0 Å².